The number of fused-ring (bicyclic) bond motifs is 1. The molecule has 2 aromatic rings. The van der Waals surface area contributed by atoms with E-state index >= 15 is 0 Å². The van der Waals surface area contributed by atoms with Gasteiger partial charge in [0.1, 0.15) is 5.82 Å². The van der Waals surface area contributed by atoms with Crippen LogP contribution in [0, 0.1) is 5.82 Å². The molecule has 0 spiro atoms. The molecule has 1 N–H and O–H groups in total. The third-order valence-corrected chi connectivity index (χ3v) is 3.68. The van der Waals surface area contributed by atoms with Crippen molar-refractivity contribution in [3.63, 3.8) is 0 Å². The van der Waals surface area contributed by atoms with Crippen molar-refractivity contribution in [2.75, 3.05) is 18.0 Å². The number of carbonyl (C=O) groups is 2. The number of nitrogens with zero attached hydrogens (tertiary/aromatic N) is 1. The summed E-state index contributed by atoms with van der Waals surface area (Å²) in [5.41, 5.74) is 2.23. The average Bonchev–Trinajstić information content (AvgIpc) is 2.96. The minimum atomic E-state index is -0.479. The van der Waals surface area contributed by atoms with Crippen molar-refractivity contribution < 1.29 is 14.0 Å². The smallest absolute Gasteiger partial charge is 0.251 e. The largest absolute Gasteiger partial charge is 0.343 e. The second kappa shape index (κ2) is 5.97. The Morgan fingerprint density at radius 2 is 1.95 bits per heavy atom. The van der Waals surface area contributed by atoms with E-state index in [-0.39, 0.29) is 18.0 Å². The standard InChI is InChI=1S/C17H15FN2O2/c18-14-6-3-5-13(10-14)17(22)19-11-16(21)20-9-8-12-4-1-2-7-15(12)20/h1-7,10H,8-9,11H2,(H,19,22). The summed E-state index contributed by atoms with van der Waals surface area (Å²) in [6.07, 6.45) is 0.819. The highest BCUT2D eigenvalue weighted by molar-refractivity contribution is 6.01. The molecule has 5 heteroatoms. The molecule has 1 aliphatic heterocycles. The minimum Gasteiger partial charge on any atom is -0.343 e. The summed E-state index contributed by atoms with van der Waals surface area (Å²) in [4.78, 5) is 25.8. The van der Waals surface area contributed by atoms with E-state index in [0.29, 0.717) is 6.54 Å². The quantitative estimate of drug-likeness (QED) is 0.944. The highest BCUT2D eigenvalue weighted by atomic mass is 19.1. The molecule has 1 heterocycles. The van der Waals surface area contributed by atoms with Crippen molar-refractivity contribution in [2.45, 2.75) is 6.42 Å². The lowest BCUT2D eigenvalue weighted by atomic mass is 10.2. The summed E-state index contributed by atoms with van der Waals surface area (Å²) in [7, 11) is 0. The molecule has 0 unspecified atom stereocenters. The number of anilines is 1. The van der Waals surface area contributed by atoms with E-state index in [2.05, 4.69) is 5.32 Å². The molecule has 0 bridgehead atoms. The summed E-state index contributed by atoms with van der Waals surface area (Å²) in [5, 5.41) is 2.54. The molecule has 3 rings (SSSR count). The predicted octanol–water partition coefficient (Wildman–Crippen LogP) is 2.14. The van der Waals surface area contributed by atoms with Crippen molar-refractivity contribution >= 4 is 17.5 Å². The minimum absolute atomic E-state index is 0.107. The van der Waals surface area contributed by atoms with Crippen molar-refractivity contribution in [1.82, 2.24) is 5.32 Å². The van der Waals surface area contributed by atoms with E-state index in [0.717, 1.165) is 23.7 Å². The van der Waals surface area contributed by atoms with Crippen LogP contribution in [0.2, 0.25) is 0 Å². The van der Waals surface area contributed by atoms with Gasteiger partial charge in [0.05, 0.1) is 6.54 Å². The third-order valence-electron chi connectivity index (χ3n) is 3.68. The Morgan fingerprint density at radius 3 is 2.77 bits per heavy atom. The Balaban J connectivity index is 1.63. The first-order chi connectivity index (χ1) is 10.6. The molecule has 0 atom stereocenters. The monoisotopic (exact) mass is 298 g/mol. The van der Waals surface area contributed by atoms with Gasteiger partial charge in [-0.1, -0.05) is 24.3 Å². The molecule has 0 radical (unpaired) electrons. The molecule has 0 aromatic heterocycles. The number of para-hydroxylation sites is 1. The van der Waals surface area contributed by atoms with Crippen LogP contribution in [0.3, 0.4) is 0 Å². The maximum atomic E-state index is 13.1. The molecule has 0 saturated carbocycles. The highest BCUT2D eigenvalue weighted by Gasteiger charge is 2.24. The fourth-order valence-electron chi connectivity index (χ4n) is 2.58. The average molecular weight is 298 g/mol. The molecular weight excluding hydrogens is 283 g/mol. The second-order valence-corrected chi connectivity index (χ2v) is 5.12. The van der Waals surface area contributed by atoms with Crippen molar-refractivity contribution in [2.24, 2.45) is 0 Å². The first-order valence-electron chi connectivity index (χ1n) is 7.07. The lowest BCUT2D eigenvalue weighted by molar-refractivity contribution is -0.117. The SMILES string of the molecule is O=C(NCC(=O)N1CCc2ccccc21)c1cccc(F)c1. The van der Waals surface area contributed by atoms with Gasteiger partial charge in [-0.2, -0.15) is 0 Å². The number of hydrogen-bond acceptors (Lipinski definition) is 2. The van der Waals surface area contributed by atoms with Crippen LogP contribution in [0.25, 0.3) is 0 Å². The van der Waals surface area contributed by atoms with Crippen LogP contribution < -0.4 is 10.2 Å². The highest BCUT2D eigenvalue weighted by Crippen LogP contribution is 2.27. The molecule has 0 saturated heterocycles. The molecule has 2 aromatic carbocycles. The van der Waals surface area contributed by atoms with Crippen LogP contribution >= 0.6 is 0 Å². The Kier molecular flexibility index (Phi) is 3.87. The number of rotatable bonds is 3. The summed E-state index contributed by atoms with van der Waals surface area (Å²) >= 11 is 0. The van der Waals surface area contributed by atoms with Gasteiger partial charge in [0.2, 0.25) is 5.91 Å². The van der Waals surface area contributed by atoms with Gasteiger partial charge in [-0.25, -0.2) is 4.39 Å². The molecule has 0 aliphatic carbocycles. The molecular formula is C17H15FN2O2. The van der Waals surface area contributed by atoms with E-state index in [1.807, 2.05) is 24.3 Å². The van der Waals surface area contributed by atoms with Crippen LogP contribution in [0.1, 0.15) is 15.9 Å². The Labute approximate surface area is 127 Å². The lowest BCUT2D eigenvalue weighted by Gasteiger charge is -2.17. The predicted molar refractivity (Wildman–Crippen MR) is 81.2 cm³/mol. The molecule has 2 amide bonds. The zero-order chi connectivity index (χ0) is 15.5. The van der Waals surface area contributed by atoms with E-state index in [1.165, 1.54) is 18.2 Å². The topological polar surface area (TPSA) is 49.4 Å². The first kappa shape index (κ1) is 14.3. The fourth-order valence-corrected chi connectivity index (χ4v) is 2.58. The maximum absolute atomic E-state index is 13.1. The van der Waals surface area contributed by atoms with Crippen LogP contribution in [0.5, 0.6) is 0 Å². The van der Waals surface area contributed by atoms with Crippen LogP contribution in [-0.2, 0) is 11.2 Å². The van der Waals surface area contributed by atoms with Crippen molar-refractivity contribution in [3.05, 3.63) is 65.5 Å². The lowest BCUT2D eigenvalue weighted by Crippen LogP contribution is -2.39. The number of amides is 2. The Bertz CT molecular complexity index is 730. The van der Waals surface area contributed by atoms with Gasteiger partial charge in [-0.05, 0) is 36.2 Å². The normalized spacial score (nSPS) is 12.9. The van der Waals surface area contributed by atoms with E-state index in [4.69, 9.17) is 0 Å². The van der Waals surface area contributed by atoms with Gasteiger partial charge in [0.15, 0.2) is 0 Å². The van der Waals surface area contributed by atoms with Crippen molar-refractivity contribution in [3.8, 4) is 0 Å². The van der Waals surface area contributed by atoms with Crippen LogP contribution in [-0.4, -0.2) is 24.9 Å². The van der Waals surface area contributed by atoms with Gasteiger partial charge in [0.25, 0.3) is 5.91 Å². The number of halogens is 1. The maximum Gasteiger partial charge on any atom is 0.251 e. The first-order valence-corrected chi connectivity index (χ1v) is 7.07. The van der Waals surface area contributed by atoms with Crippen LogP contribution in [0.15, 0.2) is 48.5 Å². The van der Waals surface area contributed by atoms with Gasteiger partial charge in [0, 0.05) is 17.8 Å². The number of hydrogen-bond donors (Lipinski definition) is 1. The van der Waals surface area contributed by atoms with E-state index in [9.17, 15) is 14.0 Å². The van der Waals surface area contributed by atoms with Gasteiger partial charge >= 0.3 is 0 Å². The number of nitrogens with one attached hydrogen (secondary N) is 1. The Hall–Kier alpha value is -2.69. The third kappa shape index (κ3) is 2.83. The molecule has 4 nitrogen and oxygen atoms in total. The molecule has 0 fully saturated rings. The number of benzene rings is 2. The zero-order valence-electron chi connectivity index (χ0n) is 11.9. The number of carbonyl (C=O) groups excluding carboxylic acids is 2. The van der Waals surface area contributed by atoms with E-state index in [1.54, 1.807) is 4.90 Å². The summed E-state index contributed by atoms with van der Waals surface area (Å²) in [6, 6.07) is 13.1. The summed E-state index contributed by atoms with van der Waals surface area (Å²) in [5.74, 6) is -1.11. The van der Waals surface area contributed by atoms with E-state index < -0.39 is 11.7 Å². The van der Waals surface area contributed by atoms with Crippen molar-refractivity contribution in [1.29, 1.82) is 0 Å². The zero-order valence-corrected chi connectivity index (χ0v) is 11.9. The van der Waals surface area contributed by atoms with Gasteiger partial charge in [-0.15, -0.1) is 0 Å². The Morgan fingerprint density at radius 1 is 1.14 bits per heavy atom. The van der Waals surface area contributed by atoms with Crippen LogP contribution in [0.4, 0.5) is 10.1 Å². The molecule has 1 aliphatic rings. The van der Waals surface area contributed by atoms with Gasteiger partial charge < -0.3 is 10.2 Å². The summed E-state index contributed by atoms with van der Waals surface area (Å²) < 4.78 is 13.1. The molecule has 22 heavy (non-hydrogen) atoms. The fraction of sp³-hybridized carbons (Fsp3) is 0.176. The summed E-state index contributed by atoms with van der Waals surface area (Å²) in [6.45, 7) is 0.512. The second-order valence-electron chi connectivity index (χ2n) is 5.12. The molecule has 112 valence electrons. The van der Waals surface area contributed by atoms with Gasteiger partial charge in [-0.3, -0.25) is 9.59 Å².